The molecule has 0 bridgehead atoms. The van der Waals surface area contributed by atoms with Crippen molar-refractivity contribution in [2.75, 3.05) is 0 Å². The van der Waals surface area contributed by atoms with Crippen molar-refractivity contribution >= 4 is 17.7 Å². The predicted molar refractivity (Wildman–Crippen MR) is 36.2 cm³/mol. The van der Waals surface area contributed by atoms with Crippen LogP contribution < -0.4 is 5.32 Å². The summed E-state index contributed by atoms with van der Waals surface area (Å²) in [6.07, 6.45) is 1.85. The van der Waals surface area contributed by atoms with E-state index in [1.54, 1.807) is 0 Å². The maximum atomic E-state index is 4.49. The van der Waals surface area contributed by atoms with Gasteiger partial charge < -0.3 is 5.32 Å². The normalized spacial score (nSPS) is 7.14. The van der Waals surface area contributed by atoms with Crippen LogP contribution in [-0.2, 0) is 0 Å². The zero-order valence-corrected chi connectivity index (χ0v) is 5.38. The van der Waals surface area contributed by atoms with Gasteiger partial charge in [-0.1, -0.05) is 17.8 Å². The van der Waals surface area contributed by atoms with Crippen LogP contribution in [0.2, 0.25) is 0 Å². The van der Waals surface area contributed by atoms with E-state index in [2.05, 4.69) is 17.5 Å². The summed E-state index contributed by atoms with van der Waals surface area (Å²) in [6.45, 7) is 4.01. The molecular formula is C5H9NS. The smallest absolute Gasteiger partial charge is 0.0654 e. The second kappa shape index (κ2) is 3.81. The molecule has 0 saturated carbocycles. The standard InChI is InChI=1S/C5H9NS/c1-5(2)3-6-4-7/h3-4H,1-2H3,(H,6,7). The lowest BCUT2D eigenvalue weighted by molar-refractivity contribution is 1.25. The molecule has 1 N–H and O–H groups in total. The minimum Gasteiger partial charge on any atom is -0.359 e. The summed E-state index contributed by atoms with van der Waals surface area (Å²) in [4.78, 5) is 0. The fraction of sp³-hybridized carbons (Fsp3) is 0.400. The third-order valence-electron chi connectivity index (χ3n) is 0.440. The van der Waals surface area contributed by atoms with Gasteiger partial charge in [-0.2, -0.15) is 0 Å². The summed E-state index contributed by atoms with van der Waals surface area (Å²) in [6, 6.07) is 0. The molecule has 0 aromatic rings. The topological polar surface area (TPSA) is 12.0 Å². The van der Waals surface area contributed by atoms with Crippen LogP contribution in [0.25, 0.3) is 0 Å². The first-order chi connectivity index (χ1) is 3.27. The van der Waals surface area contributed by atoms with Crippen LogP contribution >= 0.6 is 12.2 Å². The first-order valence-electron chi connectivity index (χ1n) is 2.10. The molecule has 0 radical (unpaired) electrons. The molecule has 0 fully saturated rings. The van der Waals surface area contributed by atoms with Crippen molar-refractivity contribution in [3.63, 3.8) is 0 Å². The average molecular weight is 115 g/mol. The van der Waals surface area contributed by atoms with Crippen LogP contribution in [0.3, 0.4) is 0 Å². The summed E-state index contributed by atoms with van der Waals surface area (Å²) in [5.41, 5.74) is 2.70. The largest absolute Gasteiger partial charge is 0.359 e. The molecule has 0 amide bonds. The molecule has 0 aliphatic rings. The Kier molecular flexibility index (Phi) is 3.61. The molecule has 2 heteroatoms. The molecule has 0 rings (SSSR count). The molecule has 0 aliphatic heterocycles. The molecular weight excluding hydrogens is 106 g/mol. The Hall–Kier alpha value is -0.370. The Bertz CT molecular complexity index is 82.1. The van der Waals surface area contributed by atoms with Crippen molar-refractivity contribution in [3.05, 3.63) is 11.8 Å². The van der Waals surface area contributed by atoms with Crippen LogP contribution in [0.1, 0.15) is 13.8 Å². The summed E-state index contributed by atoms with van der Waals surface area (Å²) >= 11 is 4.49. The number of thiocarbonyl (C=S) groups is 1. The number of hydrogen-bond donors (Lipinski definition) is 1. The van der Waals surface area contributed by atoms with Crippen LogP contribution in [0.5, 0.6) is 0 Å². The van der Waals surface area contributed by atoms with Crippen molar-refractivity contribution in [3.8, 4) is 0 Å². The van der Waals surface area contributed by atoms with E-state index in [-0.39, 0.29) is 0 Å². The first kappa shape index (κ1) is 6.63. The van der Waals surface area contributed by atoms with Crippen LogP contribution in [0, 0.1) is 0 Å². The van der Waals surface area contributed by atoms with Gasteiger partial charge in [0.2, 0.25) is 0 Å². The molecule has 0 spiro atoms. The highest BCUT2D eigenvalue weighted by atomic mass is 32.1. The maximum absolute atomic E-state index is 4.49. The number of allylic oxidation sites excluding steroid dienone is 1. The minimum absolute atomic E-state index is 1.22. The van der Waals surface area contributed by atoms with E-state index in [4.69, 9.17) is 0 Å². The molecule has 0 aromatic carbocycles. The fourth-order valence-corrected chi connectivity index (χ4v) is 0.269. The quantitative estimate of drug-likeness (QED) is 0.547. The van der Waals surface area contributed by atoms with E-state index in [1.165, 1.54) is 11.1 Å². The van der Waals surface area contributed by atoms with Crippen molar-refractivity contribution in [1.82, 2.24) is 5.32 Å². The molecule has 0 heterocycles. The Morgan fingerprint density at radius 1 is 1.57 bits per heavy atom. The Balaban J connectivity index is 3.25. The molecule has 0 aliphatic carbocycles. The van der Waals surface area contributed by atoms with E-state index < -0.39 is 0 Å². The lowest BCUT2D eigenvalue weighted by Gasteiger charge is -1.85. The van der Waals surface area contributed by atoms with E-state index >= 15 is 0 Å². The summed E-state index contributed by atoms with van der Waals surface area (Å²) in [5, 5.41) is 2.78. The van der Waals surface area contributed by atoms with Gasteiger partial charge in [-0.25, -0.2) is 0 Å². The zero-order valence-electron chi connectivity index (χ0n) is 4.56. The Morgan fingerprint density at radius 2 is 2.14 bits per heavy atom. The van der Waals surface area contributed by atoms with E-state index in [9.17, 15) is 0 Å². The fourth-order valence-electron chi connectivity index (χ4n) is 0.201. The average Bonchev–Trinajstić information content (AvgIpc) is 1.61. The van der Waals surface area contributed by atoms with Crippen molar-refractivity contribution in [1.29, 1.82) is 0 Å². The molecule has 0 unspecified atom stereocenters. The second-order valence-corrected chi connectivity index (χ2v) is 1.74. The zero-order chi connectivity index (χ0) is 5.70. The van der Waals surface area contributed by atoms with E-state index in [1.807, 2.05) is 20.0 Å². The summed E-state index contributed by atoms with van der Waals surface area (Å²) < 4.78 is 0. The lowest BCUT2D eigenvalue weighted by Crippen LogP contribution is -1.97. The van der Waals surface area contributed by atoms with E-state index in [0.717, 1.165) is 0 Å². The monoisotopic (exact) mass is 115 g/mol. The van der Waals surface area contributed by atoms with Crippen LogP contribution in [0.15, 0.2) is 11.8 Å². The van der Waals surface area contributed by atoms with Crippen molar-refractivity contribution < 1.29 is 0 Å². The van der Waals surface area contributed by atoms with Crippen LogP contribution in [-0.4, -0.2) is 5.49 Å². The second-order valence-electron chi connectivity index (χ2n) is 1.51. The SMILES string of the molecule is CC(C)=CNC=S. The highest BCUT2D eigenvalue weighted by Gasteiger charge is 1.67. The van der Waals surface area contributed by atoms with Gasteiger partial charge in [-0.15, -0.1) is 0 Å². The van der Waals surface area contributed by atoms with Gasteiger partial charge in [-0.05, 0) is 20.0 Å². The van der Waals surface area contributed by atoms with Gasteiger partial charge in [0.25, 0.3) is 0 Å². The maximum Gasteiger partial charge on any atom is 0.0654 e. The van der Waals surface area contributed by atoms with Gasteiger partial charge in [0.1, 0.15) is 0 Å². The molecule has 7 heavy (non-hydrogen) atoms. The van der Waals surface area contributed by atoms with Gasteiger partial charge in [0.05, 0.1) is 5.49 Å². The Labute approximate surface area is 49.4 Å². The molecule has 1 nitrogen and oxygen atoms in total. The third-order valence-corrected chi connectivity index (χ3v) is 0.576. The Morgan fingerprint density at radius 3 is 2.29 bits per heavy atom. The highest BCUT2D eigenvalue weighted by Crippen LogP contribution is 1.81. The van der Waals surface area contributed by atoms with Crippen molar-refractivity contribution in [2.45, 2.75) is 13.8 Å². The number of hydrogen-bond acceptors (Lipinski definition) is 1. The number of rotatable bonds is 2. The van der Waals surface area contributed by atoms with Gasteiger partial charge >= 0.3 is 0 Å². The lowest BCUT2D eigenvalue weighted by atomic mass is 10.4. The predicted octanol–water partition coefficient (Wildman–Crippen LogP) is 1.46. The molecule has 0 aromatic heterocycles. The first-order valence-corrected chi connectivity index (χ1v) is 2.57. The highest BCUT2D eigenvalue weighted by molar-refractivity contribution is 7.78. The van der Waals surface area contributed by atoms with Crippen molar-refractivity contribution in [2.24, 2.45) is 0 Å². The summed E-state index contributed by atoms with van der Waals surface area (Å²) in [5.74, 6) is 0. The van der Waals surface area contributed by atoms with Gasteiger partial charge in [0, 0.05) is 0 Å². The summed E-state index contributed by atoms with van der Waals surface area (Å²) in [7, 11) is 0. The third kappa shape index (κ3) is 5.63. The minimum atomic E-state index is 1.22. The van der Waals surface area contributed by atoms with Gasteiger partial charge in [0.15, 0.2) is 0 Å². The molecule has 0 atom stereocenters. The number of nitrogens with one attached hydrogen (secondary N) is 1. The van der Waals surface area contributed by atoms with E-state index in [0.29, 0.717) is 0 Å². The van der Waals surface area contributed by atoms with Crippen LogP contribution in [0.4, 0.5) is 0 Å². The molecule has 40 valence electrons. The van der Waals surface area contributed by atoms with Gasteiger partial charge in [-0.3, -0.25) is 0 Å². The molecule has 0 saturated heterocycles.